The van der Waals surface area contributed by atoms with Crippen molar-refractivity contribution in [2.45, 2.75) is 4.34 Å². The number of imide groups is 1. The summed E-state index contributed by atoms with van der Waals surface area (Å²) in [6.45, 7) is 0.851. The fourth-order valence-corrected chi connectivity index (χ4v) is 3.96. The Hall–Kier alpha value is -2.20. The molecule has 2 heterocycles. The zero-order valence-corrected chi connectivity index (χ0v) is 12.8. The average molecular weight is 338 g/mol. The van der Waals surface area contributed by atoms with E-state index in [0.717, 1.165) is 0 Å². The maximum atomic E-state index is 11.9. The van der Waals surface area contributed by atoms with Crippen LogP contribution in [0.5, 0.6) is 0 Å². The van der Waals surface area contributed by atoms with Gasteiger partial charge in [0.05, 0.1) is 20.9 Å². The van der Waals surface area contributed by atoms with Gasteiger partial charge in [-0.25, -0.2) is 9.78 Å². The Morgan fingerprint density at radius 2 is 2.36 bits per heavy atom. The van der Waals surface area contributed by atoms with Gasteiger partial charge in [-0.2, -0.15) is 0 Å². The van der Waals surface area contributed by atoms with E-state index in [2.05, 4.69) is 10.3 Å². The van der Waals surface area contributed by atoms with Gasteiger partial charge in [-0.1, -0.05) is 11.8 Å². The number of urea groups is 1. The predicted octanol–water partition coefficient (Wildman–Crippen LogP) is 1.85. The molecule has 2 aromatic rings. The molecule has 1 aliphatic rings. The fourth-order valence-electron chi connectivity index (χ4n) is 1.98. The molecule has 0 bridgehead atoms. The van der Waals surface area contributed by atoms with E-state index in [0.29, 0.717) is 27.6 Å². The summed E-state index contributed by atoms with van der Waals surface area (Å²) in [6, 6.07) is 4.08. The zero-order chi connectivity index (χ0) is 15.7. The predicted molar refractivity (Wildman–Crippen MR) is 82.1 cm³/mol. The second kappa shape index (κ2) is 5.89. The molecule has 3 amide bonds. The summed E-state index contributed by atoms with van der Waals surface area (Å²) in [5.41, 5.74) is 0.668. The summed E-state index contributed by atoms with van der Waals surface area (Å²) in [5.74, 6) is -0.166. The number of fused-ring (bicyclic) bond motifs is 1. The monoisotopic (exact) mass is 338 g/mol. The van der Waals surface area contributed by atoms with Crippen molar-refractivity contribution in [2.75, 3.05) is 18.8 Å². The first-order valence-corrected chi connectivity index (χ1v) is 8.11. The molecule has 1 aliphatic heterocycles. The van der Waals surface area contributed by atoms with Gasteiger partial charge in [0.2, 0.25) is 5.91 Å². The zero-order valence-electron chi connectivity index (χ0n) is 11.1. The normalized spacial score (nSPS) is 14.4. The van der Waals surface area contributed by atoms with Gasteiger partial charge in [0.1, 0.15) is 0 Å². The smallest absolute Gasteiger partial charge is 0.324 e. The number of carbonyl (C=O) groups is 2. The molecule has 0 unspecified atom stereocenters. The van der Waals surface area contributed by atoms with Gasteiger partial charge in [-0.05, 0) is 6.07 Å². The van der Waals surface area contributed by atoms with E-state index in [-0.39, 0.29) is 23.4 Å². The Kier molecular flexibility index (Phi) is 3.94. The molecular formula is C12H10N4O4S2. The van der Waals surface area contributed by atoms with Crippen molar-refractivity contribution in [3.63, 3.8) is 0 Å². The van der Waals surface area contributed by atoms with Crippen LogP contribution < -0.4 is 5.32 Å². The number of thioether (sulfide) groups is 1. The van der Waals surface area contributed by atoms with Crippen LogP contribution in [0.2, 0.25) is 0 Å². The van der Waals surface area contributed by atoms with Crippen molar-refractivity contribution in [1.82, 2.24) is 15.2 Å². The van der Waals surface area contributed by atoms with Gasteiger partial charge in [0.15, 0.2) is 4.34 Å². The Bertz CT molecular complexity index is 776. The Morgan fingerprint density at radius 1 is 1.55 bits per heavy atom. The van der Waals surface area contributed by atoms with Crippen LogP contribution in [0.4, 0.5) is 10.5 Å². The van der Waals surface area contributed by atoms with Gasteiger partial charge in [-0.15, -0.1) is 11.3 Å². The van der Waals surface area contributed by atoms with E-state index in [1.54, 1.807) is 6.07 Å². The summed E-state index contributed by atoms with van der Waals surface area (Å²) in [6.07, 6.45) is 0. The lowest BCUT2D eigenvalue weighted by Crippen LogP contribution is -2.35. The van der Waals surface area contributed by atoms with Crippen LogP contribution in [0, 0.1) is 10.1 Å². The van der Waals surface area contributed by atoms with Gasteiger partial charge in [-0.3, -0.25) is 19.8 Å². The first kappa shape index (κ1) is 14.7. The van der Waals surface area contributed by atoms with Crippen molar-refractivity contribution in [1.29, 1.82) is 0 Å². The maximum absolute atomic E-state index is 11.9. The molecule has 1 fully saturated rings. The van der Waals surface area contributed by atoms with Crippen molar-refractivity contribution in [2.24, 2.45) is 0 Å². The number of nitro benzene ring substituents is 1. The standard InChI is InChI=1S/C12H10N4O4S2/c17-10(15-4-3-13-11(15)18)6-21-12-14-8-2-1-7(16(19)20)5-9(8)22-12/h1-2,5H,3-4,6H2,(H,13,18). The molecule has 3 rings (SSSR count). The molecule has 1 N–H and O–H groups in total. The average Bonchev–Trinajstić information content (AvgIpc) is 3.09. The van der Waals surface area contributed by atoms with E-state index in [9.17, 15) is 19.7 Å². The number of aromatic nitrogens is 1. The van der Waals surface area contributed by atoms with Crippen LogP contribution in [0.3, 0.4) is 0 Å². The highest BCUT2D eigenvalue weighted by atomic mass is 32.2. The number of carbonyl (C=O) groups excluding carboxylic acids is 2. The van der Waals surface area contributed by atoms with Crippen LogP contribution in [0.1, 0.15) is 0 Å². The van der Waals surface area contributed by atoms with Crippen molar-refractivity contribution in [3.05, 3.63) is 28.3 Å². The summed E-state index contributed by atoms with van der Waals surface area (Å²) in [5, 5.41) is 13.3. The molecule has 8 nitrogen and oxygen atoms in total. The van der Waals surface area contributed by atoms with E-state index < -0.39 is 4.92 Å². The van der Waals surface area contributed by atoms with E-state index in [1.807, 2.05) is 0 Å². The number of non-ortho nitro benzene ring substituents is 1. The van der Waals surface area contributed by atoms with Crippen LogP contribution in [0.25, 0.3) is 10.2 Å². The lowest BCUT2D eigenvalue weighted by molar-refractivity contribution is -0.384. The number of amides is 3. The fraction of sp³-hybridized carbons (Fsp3) is 0.250. The molecular weight excluding hydrogens is 328 g/mol. The number of thiazole rings is 1. The number of hydrogen-bond donors (Lipinski definition) is 1. The maximum Gasteiger partial charge on any atom is 0.324 e. The third-order valence-corrected chi connectivity index (χ3v) is 5.19. The second-order valence-electron chi connectivity index (χ2n) is 4.45. The molecule has 10 heteroatoms. The minimum absolute atomic E-state index is 0.0116. The molecule has 0 saturated carbocycles. The number of nitrogens with one attached hydrogen (secondary N) is 1. The minimum atomic E-state index is -0.457. The summed E-state index contributed by atoms with van der Waals surface area (Å²) in [7, 11) is 0. The molecule has 1 aromatic carbocycles. The van der Waals surface area contributed by atoms with E-state index in [4.69, 9.17) is 0 Å². The summed E-state index contributed by atoms with van der Waals surface area (Å²) < 4.78 is 1.34. The van der Waals surface area contributed by atoms with Crippen LogP contribution in [-0.4, -0.2) is 45.6 Å². The molecule has 0 radical (unpaired) electrons. The van der Waals surface area contributed by atoms with E-state index in [1.165, 1.54) is 40.1 Å². The quantitative estimate of drug-likeness (QED) is 0.518. The topological polar surface area (TPSA) is 105 Å². The highest BCUT2D eigenvalue weighted by Gasteiger charge is 2.26. The third-order valence-electron chi connectivity index (χ3n) is 3.04. The largest absolute Gasteiger partial charge is 0.336 e. The van der Waals surface area contributed by atoms with Crippen molar-refractivity contribution in [3.8, 4) is 0 Å². The minimum Gasteiger partial charge on any atom is -0.336 e. The molecule has 1 aromatic heterocycles. The molecule has 22 heavy (non-hydrogen) atoms. The Morgan fingerprint density at radius 3 is 3.05 bits per heavy atom. The number of benzene rings is 1. The first-order valence-electron chi connectivity index (χ1n) is 6.30. The van der Waals surface area contributed by atoms with Crippen LogP contribution in [0.15, 0.2) is 22.5 Å². The number of nitrogens with zero attached hydrogens (tertiary/aromatic N) is 3. The van der Waals surface area contributed by atoms with Gasteiger partial charge >= 0.3 is 6.03 Å². The molecule has 0 spiro atoms. The van der Waals surface area contributed by atoms with Crippen LogP contribution in [-0.2, 0) is 4.79 Å². The number of hydrogen-bond acceptors (Lipinski definition) is 7. The summed E-state index contributed by atoms with van der Waals surface area (Å²) in [4.78, 5) is 39.1. The Balaban J connectivity index is 1.70. The summed E-state index contributed by atoms with van der Waals surface area (Å²) >= 11 is 2.51. The van der Waals surface area contributed by atoms with E-state index >= 15 is 0 Å². The molecule has 1 saturated heterocycles. The lowest BCUT2D eigenvalue weighted by Gasteiger charge is -2.10. The van der Waals surface area contributed by atoms with Crippen molar-refractivity contribution >= 4 is 50.9 Å². The lowest BCUT2D eigenvalue weighted by atomic mass is 10.3. The number of rotatable bonds is 4. The van der Waals surface area contributed by atoms with Gasteiger partial charge in [0.25, 0.3) is 5.69 Å². The first-order chi connectivity index (χ1) is 10.5. The second-order valence-corrected chi connectivity index (χ2v) is 6.71. The SMILES string of the molecule is O=C(CSc1nc2ccc([N+](=O)[O-])cc2s1)N1CCNC1=O. The molecule has 114 valence electrons. The molecule has 0 atom stereocenters. The Labute approximate surface area is 132 Å². The van der Waals surface area contributed by atoms with Gasteiger partial charge in [0, 0.05) is 25.2 Å². The van der Waals surface area contributed by atoms with Crippen LogP contribution >= 0.6 is 23.1 Å². The van der Waals surface area contributed by atoms with Crippen molar-refractivity contribution < 1.29 is 14.5 Å². The highest BCUT2D eigenvalue weighted by Crippen LogP contribution is 2.31. The number of nitro groups is 1. The molecule has 0 aliphatic carbocycles. The third kappa shape index (κ3) is 2.88. The highest BCUT2D eigenvalue weighted by molar-refractivity contribution is 8.01. The van der Waals surface area contributed by atoms with Gasteiger partial charge < -0.3 is 5.32 Å².